The first kappa shape index (κ1) is 15.1. The van der Waals surface area contributed by atoms with E-state index in [-0.39, 0.29) is 12.9 Å². The van der Waals surface area contributed by atoms with Gasteiger partial charge in [0.2, 0.25) is 0 Å². The van der Waals surface area contributed by atoms with E-state index in [0.717, 1.165) is 0 Å². The first-order valence-electron chi connectivity index (χ1n) is 5.64. The molecule has 3 atom stereocenters. The zero-order chi connectivity index (χ0) is 13.6. The maximum atomic E-state index is 11.9. The Kier molecular flexibility index (Phi) is 5.74. The lowest BCUT2D eigenvalue weighted by molar-refractivity contribution is -0.207. The van der Waals surface area contributed by atoms with Gasteiger partial charge in [0.25, 0.3) is 0 Å². The van der Waals surface area contributed by atoms with Crippen molar-refractivity contribution >= 4 is 5.97 Å². The van der Waals surface area contributed by atoms with Crippen LogP contribution in [0, 0.1) is 0 Å². The number of hydrogen-bond acceptors (Lipinski definition) is 6. The molecule has 0 saturated carbocycles. The van der Waals surface area contributed by atoms with E-state index in [1.54, 1.807) is 6.08 Å². The van der Waals surface area contributed by atoms with Crippen LogP contribution in [-0.4, -0.2) is 52.1 Å². The number of esters is 1. The van der Waals surface area contributed by atoms with Crippen molar-refractivity contribution < 1.29 is 28.5 Å². The summed E-state index contributed by atoms with van der Waals surface area (Å²) in [5.41, 5.74) is -1.09. The fraction of sp³-hybridized carbons (Fsp3) is 0.750. The molecule has 0 aliphatic carbocycles. The molecule has 0 bridgehead atoms. The van der Waals surface area contributed by atoms with Crippen LogP contribution in [0.15, 0.2) is 12.7 Å². The van der Waals surface area contributed by atoms with Gasteiger partial charge in [-0.3, -0.25) is 0 Å². The van der Waals surface area contributed by atoms with Crippen molar-refractivity contribution in [1.82, 2.24) is 0 Å². The largest absolute Gasteiger partial charge is 0.467 e. The normalized spacial score (nSPS) is 31.3. The van der Waals surface area contributed by atoms with Gasteiger partial charge in [-0.05, 0) is 0 Å². The first-order valence-corrected chi connectivity index (χ1v) is 5.64. The van der Waals surface area contributed by atoms with E-state index in [1.807, 2.05) is 0 Å². The predicted molar refractivity (Wildman–Crippen MR) is 62.8 cm³/mol. The molecule has 0 amide bonds. The van der Waals surface area contributed by atoms with Crippen molar-refractivity contribution in [2.45, 2.75) is 30.8 Å². The smallest absolute Gasteiger partial charge is 0.338 e. The number of methoxy groups -OCH3 is 3. The number of ether oxygens (including phenoxy) is 5. The van der Waals surface area contributed by atoms with Crippen molar-refractivity contribution in [1.29, 1.82) is 0 Å². The number of carbonyl (C=O) groups excluding carboxylic acids is 1. The molecule has 1 rings (SSSR count). The Morgan fingerprint density at radius 2 is 2.22 bits per heavy atom. The summed E-state index contributed by atoms with van der Waals surface area (Å²) in [4.78, 5) is 11.9. The van der Waals surface area contributed by atoms with Gasteiger partial charge in [0.05, 0.1) is 7.11 Å². The molecule has 0 aromatic rings. The van der Waals surface area contributed by atoms with Crippen molar-refractivity contribution in [3.8, 4) is 0 Å². The van der Waals surface area contributed by atoms with Gasteiger partial charge < -0.3 is 23.7 Å². The van der Waals surface area contributed by atoms with Crippen molar-refractivity contribution in [3.63, 3.8) is 0 Å². The topological polar surface area (TPSA) is 63.2 Å². The third kappa shape index (κ3) is 3.08. The summed E-state index contributed by atoms with van der Waals surface area (Å²) in [6.45, 7) is 3.74. The minimum atomic E-state index is -1.09. The molecule has 1 fully saturated rings. The summed E-state index contributed by atoms with van der Waals surface area (Å²) in [5, 5.41) is 0. The molecule has 1 aliphatic heterocycles. The maximum Gasteiger partial charge on any atom is 0.338 e. The molecule has 0 radical (unpaired) electrons. The van der Waals surface area contributed by atoms with Crippen LogP contribution in [0.1, 0.15) is 12.8 Å². The number of carbonyl (C=O) groups is 1. The highest BCUT2D eigenvalue weighted by atomic mass is 16.7. The zero-order valence-corrected chi connectivity index (χ0v) is 11.0. The Hall–Kier alpha value is -0.950. The van der Waals surface area contributed by atoms with E-state index in [4.69, 9.17) is 23.7 Å². The van der Waals surface area contributed by atoms with Gasteiger partial charge in [0, 0.05) is 27.1 Å². The van der Waals surface area contributed by atoms with E-state index in [9.17, 15) is 4.79 Å². The Balaban J connectivity index is 2.81. The average Bonchev–Trinajstić information content (AvgIpc) is 2.75. The van der Waals surface area contributed by atoms with Crippen LogP contribution < -0.4 is 0 Å². The monoisotopic (exact) mass is 260 g/mol. The second-order valence-electron chi connectivity index (χ2n) is 4.02. The molecule has 0 N–H and O–H groups in total. The molecular formula is C12H20O6. The Morgan fingerprint density at radius 3 is 2.72 bits per heavy atom. The van der Waals surface area contributed by atoms with Crippen LogP contribution in [0.5, 0.6) is 0 Å². The maximum absolute atomic E-state index is 11.9. The first-order chi connectivity index (χ1) is 8.63. The van der Waals surface area contributed by atoms with E-state index in [1.165, 1.54) is 21.3 Å². The van der Waals surface area contributed by atoms with Gasteiger partial charge in [-0.25, -0.2) is 4.79 Å². The summed E-state index contributed by atoms with van der Waals surface area (Å²) in [7, 11) is 4.34. The summed E-state index contributed by atoms with van der Waals surface area (Å²) < 4.78 is 25.9. The lowest BCUT2D eigenvalue weighted by Crippen LogP contribution is -2.39. The van der Waals surface area contributed by atoms with Gasteiger partial charge in [-0.15, -0.1) is 6.58 Å². The van der Waals surface area contributed by atoms with E-state index < -0.39 is 17.9 Å². The van der Waals surface area contributed by atoms with Crippen molar-refractivity contribution in [2.75, 3.05) is 28.1 Å². The quantitative estimate of drug-likeness (QED) is 0.384. The molecule has 6 heteroatoms. The summed E-state index contributed by atoms with van der Waals surface area (Å²) >= 11 is 0. The van der Waals surface area contributed by atoms with Gasteiger partial charge >= 0.3 is 5.97 Å². The Labute approximate surface area is 107 Å². The third-order valence-corrected chi connectivity index (χ3v) is 2.84. The summed E-state index contributed by atoms with van der Waals surface area (Å²) in [5.74, 6) is -0.451. The number of hydrogen-bond donors (Lipinski definition) is 0. The SMILES string of the molecule is C=CC[C@@]1(C(=O)OC)C[C@H](OCOC)[C@H](OC)O1. The van der Waals surface area contributed by atoms with Gasteiger partial charge in [-0.1, -0.05) is 6.08 Å². The summed E-state index contributed by atoms with van der Waals surface area (Å²) in [6, 6.07) is 0. The van der Waals surface area contributed by atoms with E-state index in [0.29, 0.717) is 12.8 Å². The molecule has 1 heterocycles. The minimum absolute atomic E-state index is 0.110. The number of rotatable bonds is 7. The molecule has 0 aromatic heterocycles. The molecule has 18 heavy (non-hydrogen) atoms. The third-order valence-electron chi connectivity index (χ3n) is 2.84. The van der Waals surface area contributed by atoms with Gasteiger partial charge in [0.1, 0.15) is 12.9 Å². The molecule has 0 aromatic carbocycles. The minimum Gasteiger partial charge on any atom is -0.467 e. The molecule has 0 spiro atoms. The second-order valence-corrected chi connectivity index (χ2v) is 4.02. The van der Waals surface area contributed by atoms with Gasteiger partial charge in [0.15, 0.2) is 11.9 Å². The summed E-state index contributed by atoms with van der Waals surface area (Å²) in [6.07, 6.45) is 1.29. The molecule has 6 nitrogen and oxygen atoms in total. The molecular weight excluding hydrogens is 240 g/mol. The predicted octanol–water partition coefficient (Wildman–Crippen LogP) is 0.856. The lowest BCUT2D eigenvalue weighted by Gasteiger charge is -2.24. The van der Waals surface area contributed by atoms with E-state index in [2.05, 4.69) is 6.58 Å². The Bertz CT molecular complexity index is 292. The van der Waals surface area contributed by atoms with Crippen molar-refractivity contribution in [2.24, 2.45) is 0 Å². The van der Waals surface area contributed by atoms with Crippen LogP contribution >= 0.6 is 0 Å². The van der Waals surface area contributed by atoms with E-state index >= 15 is 0 Å². The van der Waals surface area contributed by atoms with Crippen LogP contribution in [-0.2, 0) is 28.5 Å². The standard InChI is InChI=1S/C12H20O6/c1-5-6-12(11(13)16-4)7-9(17-8-14-2)10(15-3)18-12/h5,9-10H,1,6-8H2,2-4H3/t9-,10+,12-/m0/s1. The van der Waals surface area contributed by atoms with Crippen LogP contribution in [0.4, 0.5) is 0 Å². The average molecular weight is 260 g/mol. The van der Waals surface area contributed by atoms with Crippen LogP contribution in [0.25, 0.3) is 0 Å². The zero-order valence-electron chi connectivity index (χ0n) is 11.0. The fourth-order valence-corrected chi connectivity index (χ4v) is 2.03. The van der Waals surface area contributed by atoms with Crippen molar-refractivity contribution in [3.05, 3.63) is 12.7 Å². The fourth-order valence-electron chi connectivity index (χ4n) is 2.03. The highest BCUT2D eigenvalue weighted by Gasteiger charge is 2.52. The molecule has 104 valence electrons. The van der Waals surface area contributed by atoms with Crippen LogP contribution in [0.3, 0.4) is 0 Å². The lowest BCUT2D eigenvalue weighted by atomic mass is 9.95. The molecule has 1 aliphatic rings. The second kappa shape index (κ2) is 6.84. The molecule has 0 unspecified atom stereocenters. The highest BCUT2D eigenvalue weighted by Crippen LogP contribution is 2.37. The Morgan fingerprint density at radius 1 is 1.50 bits per heavy atom. The highest BCUT2D eigenvalue weighted by molar-refractivity contribution is 5.80. The van der Waals surface area contributed by atoms with Crippen LogP contribution in [0.2, 0.25) is 0 Å². The van der Waals surface area contributed by atoms with Gasteiger partial charge in [-0.2, -0.15) is 0 Å². The molecule has 1 saturated heterocycles.